The lowest BCUT2D eigenvalue weighted by Gasteiger charge is -2.51. The zero-order valence-electron chi connectivity index (χ0n) is 15.2. The van der Waals surface area contributed by atoms with Crippen molar-refractivity contribution in [2.45, 2.75) is 44.4 Å². The van der Waals surface area contributed by atoms with Gasteiger partial charge in [-0.15, -0.1) is 0 Å². The highest BCUT2D eigenvalue weighted by Crippen LogP contribution is 2.43. The van der Waals surface area contributed by atoms with Gasteiger partial charge in [0.05, 0.1) is 29.4 Å². The van der Waals surface area contributed by atoms with Crippen molar-refractivity contribution in [3.8, 4) is 0 Å². The summed E-state index contributed by atoms with van der Waals surface area (Å²) in [5.74, 6) is 0.996. The molecule has 0 aromatic carbocycles. The van der Waals surface area contributed by atoms with Gasteiger partial charge >= 0.3 is 0 Å². The van der Waals surface area contributed by atoms with Gasteiger partial charge in [-0.05, 0) is 39.3 Å². The summed E-state index contributed by atoms with van der Waals surface area (Å²) in [5, 5.41) is 3.27. The number of hydrogen-bond donors (Lipinski definition) is 1. The molecule has 2 aliphatic heterocycles. The van der Waals surface area contributed by atoms with Crippen molar-refractivity contribution in [2.75, 3.05) is 38.7 Å². The second-order valence-corrected chi connectivity index (χ2v) is 7.58. The van der Waals surface area contributed by atoms with Crippen LogP contribution < -0.4 is 10.2 Å². The minimum absolute atomic E-state index is 0.0673. The average molecular weight is 345 g/mol. The first kappa shape index (κ1) is 16.7. The molecule has 1 N–H and O–H groups in total. The van der Waals surface area contributed by atoms with Gasteiger partial charge in [-0.3, -0.25) is 9.69 Å². The van der Waals surface area contributed by atoms with Gasteiger partial charge in [0, 0.05) is 32.8 Å². The zero-order chi connectivity index (χ0) is 17.6. The molecule has 1 aliphatic carbocycles. The van der Waals surface area contributed by atoms with Crippen LogP contribution in [-0.2, 0) is 4.74 Å². The summed E-state index contributed by atoms with van der Waals surface area (Å²) in [6.07, 6.45) is 5.45. The Labute approximate surface area is 148 Å². The van der Waals surface area contributed by atoms with Crippen LogP contribution in [0.2, 0.25) is 0 Å². The number of carbonyl (C=O) groups is 1. The van der Waals surface area contributed by atoms with Gasteiger partial charge in [0.1, 0.15) is 0 Å². The number of amides is 1. The molecule has 1 aromatic rings. The van der Waals surface area contributed by atoms with Gasteiger partial charge in [-0.25, -0.2) is 9.97 Å². The standard InChI is InChI=1S/C18H27N5O2/c1-11-13(10-19-18(20-11)22(2)3)17(24)21-14-12-6-9-25-16(12)15(14)23-7-4-5-8-23/h10,12,14-16H,4-9H2,1-3H3,(H,21,24)/t12-,14+,15-,16-/m1/s1. The summed E-state index contributed by atoms with van der Waals surface area (Å²) >= 11 is 0. The lowest BCUT2D eigenvalue weighted by molar-refractivity contribution is -0.0747. The molecule has 3 heterocycles. The molecule has 4 rings (SSSR count). The predicted molar refractivity (Wildman–Crippen MR) is 94.8 cm³/mol. The van der Waals surface area contributed by atoms with E-state index in [1.54, 1.807) is 6.20 Å². The molecular formula is C18H27N5O2. The lowest BCUT2D eigenvalue weighted by Crippen LogP contribution is -2.70. The molecule has 1 saturated carbocycles. The molecule has 25 heavy (non-hydrogen) atoms. The van der Waals surface area contributed by atoms with E-state index in [1.807, 2.05) is 25.9 Å². The lowest BCUT2D eigenvalue weighted by atomic mass is 9.70. The number of carbonyl (C=O) groups excluding carboxylic acids is 1. The monoisotopic (exact) mass is 345 g/mol. The average Bonchev–Trinajstić information content (AvgIpc) is 3.23. The summed E-state index contributed by atoms with van der Waals surface area (Å²) in [7, 11) is 3.79. The SMILES string of the molecule is Cc1nc(N(C)C)ncc1C(=O)N[C@H]1[C@H]2CCO[C@H]2[C@@H]1N1CCCC1. The first-order valence-corrected chi connectivity index (χ1v) is 9.24. The fourth-order valence-electron chi connectivity index (χ4n) is 4.47. The molecule has 4 atom stereocenters. The van der Waals surface area contributed by atoms with Crippen LogP contribution in [0.5, 0.6) is 0 Å². The maximum absolute atomic E-state index is 12.8. The first-order chi connectivity index (χ1) is 12.1. The molecule has 0 bridgehead atoms. The van der Waals surface area contributed by atoms with Crippen molar-refractivity contribution < 1.29 is 9.53 Å². The number of aryl methyl sites for hydroxylation is 1. The Bertz CT molecular complexity index is 654. The Morgan fingerprint density at radius 1 is 1.36 bits per heavy atom. The van der Waals surface area contributed by atoms with Crippen LogP contribution in [0.3, 0.4) is 0 Å². The molecule has 0 radical (unpaired) electrons. The van der Waals surface area contributed by atoms with Gasteiger partial charge < -0.3 is 15.0 Å². The summed E-state index contributed by atoms with van der Waals surface area (Å²) < 4.78 is 5.94. The van der Waals surface area contributed by atoms with E-state index in [2.05, 4.69) is 20.2 Å². The van der Waals surface area contributed by atoms with Crippen molar-refractivity contribution >= 4 is 11.9 Å². The predicted octanol–water partition coefficient (Wildman–Crippen LogP) is 0.833. The maximum atomic E-state index is 12.8. The minimum atomic E-state index is -0.0673. The van der Waals surface area contributed by atoms with Crippen molar-refractivity contribution in [1.29, 1.82) is 0 Å². The molecule has 0 unspecified atom stereocenters. The number of likely N-dealkylation sites (tertiary alicyclic amines) is 1. The second-order valence-electron chi connectivity index (χ2n) is 7.58. The Morgan fingerprint density at radius 2 is 2.12 bits per heavy atom. The molecule has 2 saturated heterocycles. The van der Waals surface area contributed by atoms with E-state index in [0.29, 0.717) is 29.2 Å². The van der Waals surface area contributed by atoms with Crippen molar-refractivity contribution in [3.05, 3.63) is 17.5 Å². The Balaban J connectivity index is 1.49. The van der Waals surface area contributed by atoms with Crippen LogP contribution in [0.15, 0.2) is 6.20 Å². The van der Waals surface area contributed by atoms with Gasteiger partial charge in [-0.2, -0.15) is 0 Å². The highest BCUT2D eigenvalue weighted by atomic mass is 16.5. The van der Waals surface area contributed by atoms with Crippen molar-refractivity contribution in [2.24, 2.45) is 5.92 Å². The first-order valence-electron chi connectivity index (χ1n) is 9.24. The molecule has 136 valence electrons. The smallest absolute Gasteiger partial charge is 0.254 e. The third-order valence-electron chi connectivity index (χ3n) is 5.82. The number of nitrogens with zero attached hydrogens (tertiary/aromatic N) is 4. The molecule has 1 aromatic heterocycles. The molecule has 3 fully saturated rings. The fraction of sp³-hybridized carbons (Fsp3) is 0.722. The van der Waals surface area contributed by atoms with Gasteiger partial charge in [0.25, 0.3) is 5.91 Å². The summed E-state index contributed by atoms with van der Waals surface area (Å²) in [4.78, 5) is 25.9. The van der Waals surface area contributed by atoms with Crippen LogP contribution >= 0.6 is 0 Å². The highest BCUT2D eigenvalue weighted by molar-refractivity contribution is 5.95. The van der Waals surface area contributed by atoms with Crippen LogP contribution in [-0.4, -0.2) is 72.8 Å². The van der Waals surface area contributed by atoms with Crippen molar-refractivity contribution in [1.82, 2.24) is 20.2 Å². The fourth-order valence-corrected chi connectivity index (χ4v) is 4.47. The van der Waals surface area contributed by atoms with E-state index < -0.39 is 0 Å². The summed E-state index contributed by atoms with van der Waals surface area (Å²) in [6.45, 7) is 4.90. The van der Waals surface area contributed by atoms with E-state index >= 15 is 0 Å². The van der Waals surface area contributed by atoms with Crippen molar-refractivity contribution in [3.63, 3.8) is 0 Å². The molecule has 7 nitrogen and oxygen atoms in total. The molecule has 7 heteroatoms. The van der Waals surface area contributed by atoms with E-state index in [1.165, 1.54) is 12.8 Å². The topological polar surface area (TPSA) is 70.6 Å². The number of nitrogens with one attached hydrogen (secondary N) is 1. The highest BCUT2D eigenvalue weighted by Gasteiger charge is 2.56. The Kier molecular flexibility index (Phi) is 4.37. The van der Waals surface area contributed by atoms with Crippen LogP contribution in [0.1, 0.15) is 35.3 Å². The zero-order valence-corrected chi connectivity index (χ0v) is 15.2. The number of fused-ring (bicyclic) bond motifs is 1. The largest absolute Gasteiger partial charge is 0.376 e. The second kappa shape index (κ2) is 6.53. The summed E-state index contributed by atoms with van der Waals surface area (Å²) in [5.41, 5.74) is 1.28. The van der Waals surface area contributed by atoms with Crippen LogP contribution in [0, 0.1) is 12.8 Å². The van der Waals surface area contributed by atoms with Gasteiger partial charge in [0.15, 0.2) is 0 Å². The van der Waals surface area contributed by atoms with E-state index in [-0.39, 0.29) is 18.1 Å². The normalized spacial score (nSPS) is 31.5. The third kappa shape index (κ3) is 2.89. The number of aromatic nitrogens is 2. The molecule has 1 amide bonds. The van der Waals surface area contributed by atoms with E-state index in [9.17, 15) is 4.79 Å². The van der Waals surface area contributed by atoms with E-state index in [0.717, 1.165) is 26.1 Å². The van der Waals surface area contributed by atoms with Crippen LogP contribution in [0.25, 0.3) is 0 Å². The van der Waals surface area contributed by atoms with Crippen LogP contribution in [0.4, 0.5) is 5.95 Å². The maximum Gasteiger partial charge on any atom is 0.254 e. The Morgan fingerprint density at radius 3 is 2.80 bits per heavy atom. The van der Waals surface area contributed by atoms with E-state index in [4.69, 9.17) is 4.74 Å². The minimum Gasteiger partial charge on any atom is -0.376 e. The molecule has 0 spiro atoms. The summed E-state index contributed by atoms with van der Waals surface area (Å²) in [6, 6.07) is 0.493. The molecular weight excluding hydrogens is 318 g/mol. The quantitative estimate of drug-likeness (QED) is 0.872. The number of hydrogen-bond acceptors (Lipinski definition) is 6. The third-order valence-corrected chi connectivity index (χ3v) is 5.82. The Hall–Kier alpha value is -1.73. The molecule has 3 aliphatic rings. The van der Waals surface area contributed by atoms with Gasteiger partial charge in [0.2, 0.25) is 5.95 Å². The number of ether oxygens (including phenoxy) is 1. The number of rotatable bonds is 4. The van der Waals surface area contributed by atoms with Gasteiger partial charge in [-0.1, -0.05) is 0 Å². The number of anilines is 1.